The number of amides is 2. The maximum atomic E-state index is 13.4. The maximum Gasteiger partial charge on any atom is 0.272 e. The molecule has 6 heteroatoms. The molecule has 0 saturated heterocycles. The minimum Gasteiger partial charge on any atom is -0.494 e. The molecule has 5 nitrogen and oxygen atoms in total. The van der Waals surface area contributed by atoms with Crippen molar-refractivity contribution in [3.63, 3.8) is 0 Å². The van der Waals surface area contributed by atoms with Gasteiger partial charge in [0.05, 0.1) is 29.4 Å². The zero-order valence-corrected chi connectivity index (χ0v) is 18.6. The third kappa shape index (κ3) is 4.70. The van der Waals surface area contributed by atoms with Crippen LogP contribution in [0.2, 0.25) is 0 Å². The number of thioether (sulfide) groups is 1. The second-order valence-corrected chi connectivity index (χ2v) is 8.71. The normalized spacial score (nSPS) is 14.1. The molecule has 2 aromatic carbocycles. The molecule has 0 spiro atoms. The molecule has 0 saturated carbocycles. The lowest BCUT2D eigenvalue weighted by Crippen LogP contribution is -2.31. The fourth-order valence-corrected chi connectivity index (χ4v) is 4.15. The van der Waals surface area contributed by atoms with Crippen LogP contribution in [-0.2, 0) is 9.59 Å². The number of hydrogen-bond acceptors (Lipinski definition) is 5. The summed E-state index contributed by atoms with van der Waals surface area (Å²) in [6.45, 7) is 9.11. The van der Waals surface area contributed by atoms with Gasteiger partial charge in [-0.05, 0) is 43.2 Å². The average molecular weight is 426 g/mol. The van der Waals surface area contributed by atoms with E-state index in [4.69, 9.17) is 9.47 Å². The summed E-state index contributed by atoms with van der Waals surface area (Å²) in [7, 11) is 0. The third-order valence-corrected chi connectivity index (χ3v) is 5.48. The van der Waals surface area contributed by atoms with E-state index in [1.807, 2.05) is 58.0 Å². The smallest absolute Gasteiger partial charge is 0.272 e. The van der Waals surface area contributed by atoms with Crippen LogP contribution < -0.4 is 14.4 Å². The summed E-state index contributed by atoms with van der Waals surface area (Å²) < 4.78 is 11.2. The van der Waals surface area contributed by atoms with E-state index in [0.717, 1.165) is 12.2 Å². The predicted octanol–water partition coefficient (Wildman–Crippen LogP) is 5.30. The first-order valence-electron chi connectivity index (χ1n) is 10.2. The Morgan fingerprint density at radius 3 is 2.30 bits per heavy atom. The second kappa shape index (κ2) is 9.85. The summed E-state index contributed by atoms with van der Waals surface area (Å²) in [6.07, 6.45) is 0.879. The first-order chi connectivity index (χ1) is 14.5. The summed E-state index contributed by atoms with van der Waals surface area (Å²) in [5.74, 6) is 0.757. The molecule has 0 radical (unpaired) electrons. The molecule has 158 valence electrons. The quantitative estimate of drug-likeness (QED) is 0.510. The number of imide groups is 1. The van der Waals surface area contributed by atoms with Gasteiger partial charge in [0.2, 0.25) is 0 Å². The van der Waals surface area contributed by atoms with Crippen LogP contribution in [0.1, 0.15) is 39.7 Å². The number of carbonyl (C=O) groups excluding carboxylic acids is 2. The van der Waals surface area contributed by atoms with Gasteiger partial charge < -0.3 is 9.47 Å². The van der Waals surface area contributed by atoms with Crippen LogP contribution >= 0.6 is 11.8 Å². The van der Waals surface area contributed by atoms with E-state index in [-0.39, 0.29) is 17.1 Å². The van der Waals surface area contributed by atoms with Crippen molar-refractivity contribution in [2.75, 3.05) is 18.1 Å². The Morgan fingerprint density at radius 1 is 0.933 bits per heavy atom. The molecular formula is C24H27NO4S. The number of nitrogens with zero attached hydrogens (tertiary/aromatic N) is 1. The van der Waals surface area contributed by atoms with Gasteiger partial charge >= 0.3 is 0 Å². The highest BCUT2D eigenvalue weighted by Gasteiger charge is 2.40. The summed E-state index contributed by atoms with van der Waals surface area (Å²) in [6, 6.07) is 14.4. The maximum absolute atomic E-state index is 13.4. The molecule has 0 fully saturated rings. The minimum atomic E-state index is -0.319. The summed E-state index contributed by atoms with van der Waals surface area (Å²) >= 11 is 1.41. The molecule has 0 aliphatic carbocycles. The molecule has 0 bridgehead atoms. The zero-order chi connectivity index (χ0) is 21.7. The van der Waals surface area contributed by atoms with E-state index in [2.05, 4.69) is 0 Å². The van der Waals surface area contributed by atoms with E-state index in [1.165, 1.54) is 16.7 Å². The number of benzene rings is 2. The van der Waals surface area contributed by atoms with Crippen molar-refractivity contribution in [1.29, 1.82) is 0 Å². The van der Waals surface area contributed by atoms with E-state index in [0.29, 0.717) is 40.7 Å². The SMILES string of the molecule is CCCOc1cccc(N2C(=O)C(SC(C)C)=C(c3ccc(OCC)cc3)C2=O)c1. The van der Waals surface area contributed by atoms with Crippen LogP contribution in [0.5, 0.6) is 11.5 Å². The molecule has 0 unspecified atom stereocenters. The predicted molar refractivity (Wildman–Crippen MR) is 122 cm³/mol. The van der Waals surface area contributed by atoms with Crippen molar-refractivity contribution in [3.05, 3.63) is 59.0 Å². The van der Waals surface area contributed by atoms with Gasteiger partial charge in [-0.3, -0.25) is 9.59 Å². The molecule has 1 aliphatic heterocycles. The van der Waals surface area contributed by atoms with Crippen LogP contribution in [0.3, 0.4) is 0 Å². The molecule has 3 rings (SSSR count). The van der Waals surface area contributed by atoms with Gasteiger partial charge in [0.15, 0.2) is 0 Å². The molecule has 2 aromatic rings. The van der Waals surface area contributed by atoms with Gasteiger partial charge in [0.1, 0.15) is 11.5 Å². The molecular weight excluding hydrogens is 398 g/mol. The van der Waals surface area contributed by atoms with Gasteiger partial charge in [-0.15, -0.1) is 11.8 Å². The molecule has 30 heavy (non-hydrogen) atoms. The first kappa shape index (κ1) is 22.0. The van der Waals surface area contributed by atoms with Crippen molar-refractivity contribution >= 4 is 34.8 Å². The van der Waals surface area contributed by atoms with Gasteiger partial charge in [-0.2, -0.15) is 0 Å². The molecule has 0 aromatic heterocycles. The minimum absolute atomic E-state index is 0.161. The molecule has 2 amide bonds. The highest BCUT2D eigenvalue weighted by Crippen LogP contribution is 2.40. The molecule has 0 N–H and O–H groups in total. The Kier molecular flexibility index (Phi) is 7.21. The standard InChI is InChI=1S/C24H27NO4S/c1-5-14-29-20-9-7-8-18(15-20)25-23(26)21(22(24(25)27)30-16(3)4)17-10-12-19(13-11-17)28-6-2/h7-13,15-16H,5-6,14H2,1-4H3. The highest BCUT2D eigenvalue weighted by atomic mass is 32.2. The largest absolute Gasteiger partial charge is 0.494 e. The van der Waals surface area contributed by atoms with Crippen LogP contribution in [0.4, 0.5) is 5.69 Å². The van der Waals surface area contributed by atoms with Gasteiger partial charge in [0, 0.05) is 11.3 Å². The van der Waals surface area contributed by atoms with E-state index in [1.54, 1.807) is 18.2 Å². The lowest BCUT2D eigenvalue weighted by molar-refractivity contribution is -0.119. The Labute approximate surface area is 182 Å². The van der Waals surface area contributed by atoms with E-state index in [9.17, 15) is 9.59 Å². The fraction of sp³-hybridized carbons (Fsp3) is 0.333. The Bertz CT molecular complexity index is 950. The monoisotopic (exact) mass is 425 g/mol. The van der Waals surface area contributed by atoms with E-state index < -0.39 is 0 Å². The summed E-state index contributed by atoms with van der Waals surface area (Å²) in [5, 5.41) is 0.161. The second-order valence-electron chi connectivity index (χ2n) is 7.12. The fourth-order valence-electron chi connectivity index (χ4n) is 3.16. The van der Waals surface area contributed by atoms with Gasteiger partial charge in [-0.1, -0.05) is 39.0 Å². The van der Waals surface area contributed by atoms with Crippen molar-refractivity contribution in [3.8, 4) is 11.5 Å². The topological polar surface area (TPSA) is 55.8 Å². The third-order valence-electron chi connectivity index (χ3n) is 4.40. The Balaban J connectivity index is 1.99. The number of carbonyl (C=O) groups is 2. The van der Waals surface area contributed by atoms with Crippen LogP contribution in [0, 0.1) is 0 Å². The van der Waals surface area contributed by atoms with Crippen molar-refractivity contribution < 1.29 is 19.1 Å². The Morgan fingerprint density at radius 2 is 1.67 bits per heavy atom. The van der Waals surface area contributed by atoms with Crippen LogP contribution in [0.15, 0.2) is 53.4 Å². The van der Waals surface area contributed by atoms with Crippen LogP contribution in [-0.4, -0.2) is 30.3 Å². The van der Waals surface area contributed by atoms with Crippen molar-refractivity contribution in [1.82, 2.24) is 0 Å². The number of ether oxygens (including phenoxy) is 2. The first-order valence-corrected chi connectivity index (χ1v) is 11.1. The summed E-state index contributed by atoms with van der Waals surface area (Å²) in [4.78, 5) is 28.4. The summed E-state index contributed by atoms with van der Waals surface area (Å²) in [5.41, 5.74) is 1.66. The molecule has 1 aliphatic rings. The lowest BCUT2D eigenvalue weighted by atomic mass is 10.1. The van der Waals surface area contributed by atoms with Gasteiger partial charge in [0.25, 0.3) is 11.8 Å². The number of hydrogen-bond donors (Lipinski definition) is 0. The molecule has 1 heterocycles. The van der Waals surface area contributed by atoms with Crippen molar-refractivity contribution in [2.24, 2.45) is 0 Å². The zero-order valence-electron chi connectivity index (χ0n) is 17.8. The van der Waals surface area contributed by atoms with E-state index >= 15 is 0 Å². The lowest BCUT2D eigenvalue weighted by Gasteiger charge is -2.16. The van der Waals surface area contributed by atoms with Gasteiger partial charge in [-0.25, -0.2) is 4.90 Å². The average Bonchev–Trinajstić information content (AvgIpc) is 2.96. The van der Waals surface area contributed by atoms with Crippen LogP contribution in [0.25, 0.3) is 5.57 Å². The number of rotatable bonds is 9. The number of anilines is 1. The molecule has 0 atom stereocenters. The Hall–Kier alpha value is -2.73. The highest BCUT2D eigenvalue weighted by molar-refractivity contribution is 8.04. The van der Waals surface area contributed by atoms with Crippen molar-refractivity contribution in [2.45, 2.75) is 39.4 Å².